The van der Waals surface area contributed by atoms with Crippen LogP contribution in [-0.2, 0) is 0 Å². The van der Waals surface area contributed by atoms with Gasteiger partial charge < -0.3 is 14.4 Å². The second-order valence-corrected chi connectivity index (χ2v) is 7.80. The number of aromatic nitrogens is 1. The molecule has 3 aliphatic rings. The maximum Gasteiger partial charge on any atom is 0.238 e. The summed E-state index contributed by atoms with van der Waals surface area (Å²) in [6.45, 7) is 5.96. The van der Waals surface area contributed by atoms with Crippen LogP contribution in [0.25, 0.3) is 0 Å². The van der Waals surface area contributed by atoms with Crippen LogP contribution in [0.1, 0.15) is 57.9 Å². The van der Waals surface area contributed by atoms with Crippen LogP contribution >= 0.6 is 11.6 Å². The van der Waals surface area contributed by atoms with Crippen LogP contribution in [0.4, 0.5) is 0 Å². The van der Waals surface area contributed by atoms with E-state index in [4.69, 9.17) is 21.1 Å². The molecule has 0 saturated carbocycles. The van der Waals surface area contributed by atoms with Crippen LogP contribution in [0.15, 0.2) is 42.7 Å². The average molecular weight is 403 g/mol. The van der Waals surface area contributed by atoms with E-state index in [0.717, 1.165) is 23.6 Å². The largest absolute Gasteiger partial charge is 0.451 e. The SMILES string of the molecule is CC.CC1Oc2cccc(C3CC4CCC(C3)N4C)c2O1.Clc1cccnc1. The van der Waals surface area contributed by atoms with E-state index in [2.05, 4.69) is 29.1 Å². The molecule has 28 heavy (non-hydrogen) atoms. The number of para-hydroxylation sites is 1. The van der Waals surface area contributed by atoms with Gasteiger partial charge in [0.2, 0.25) is 6.29 Å². The van der Waals surface area contributed by atoms with Crippen LogP contribution in [0.3, 0.4) is 0 Å². The fraction of sp³-hybridized carbons (Fsp3) is 0.522. The summed E-state index contributed by atoms with van der Waals surface area (Å²) in [4.78, 5) is 6.34. The van der Waals surface area contributed by atoms with Crippen molar-refractivity contribution >= 4 is 11.6 Å². The molecule has 0 N–H and O–H groups in total. The van der Waals surface area contributed by atoms with Gasteiger partial charge >= 0.3 is 0 Å². The summed E-state index contributed by atoms with van der Waals surface area (Å²) in [7, 11) is 2.29. The van der Waals surface area contributed by atoms with Crippen LogP contribution < -0.4 is 9.47 Å². The Bertz CT molecular complexity index is 742. The normalized spacial score (nSPS) is 27.3. The highest BCUT2D eigenvalue weighted by atomic mass is 35.5. The lowest BCUT2D eigenvalue weighted by Gasteiger charge is -2.36. The molecule has 3 unspecified atom stereocenters. The minimum absolute atomic E-state index is 0.140. The summed E-state index contributed by atoms with van der Waals surface area (Å²) < 4.78 is 11.6. The first kappa shape index (κ1) is 20.9. The summed E-state index contributed by atoms with van der Waals surface area (Å²) in [6, 6.07) is 11.5. The van der Waals surface area contributed by atoms with E-state index >= 15 is 0 Å². The highest BCUT2D eigenvalue weighted by Gasteiger charge is 2.40. The number of ether oxygens (including phenoxy) is 2. The smallest absolute Gasteiger partial charge is 0.238 e. The summed E-state index contributed by atoms with van der Waals surface area (Å²) in [5.74, 6) is 2.57. The molecule has 152 valence electrons. The lowest BCUT2D eigenvalue weighted by atomic mass is 9.85. The Balaban J connectivity index is 0.000000211. The summed E-state index contributed by atoms with van der Waals surface area (Å²) in [6.07, 6.45) is 8.40. The van der Waals surface area contributed by atoms with Gasteiger partial charge in [0.15, 0.2) is 11.5 Å². The van der Waals surface area contributed by atoms with Crippen molar-refractivity contribution in [3.63, 3.8) is 0 Å². The van der Waals surface area contributed by atoms with E-state index < -0.39 is 0 Å². The predicted molar refractivity (Wildman–Crippen MR) is 114 cm³/mol. The van der Waals surface area contributed by atoms with E-state index in [0.29, 0.717) is 10.9 Å². The second kappa shape index (κ2) is 9.62. The van der Waals surface area contributed by atoms with Gasteiger partial charge in [-0.25, -0.2) is 0 Å². The standard InChI is InChI=1S/C16H21NO2.C5H4ClN.C2H6/c1-10-18-15-5-3-4-14(16(15)19-10)11-8-12-6-7-13(9-11)17(12)2;6-5-2-1-3-7-4-5;1-2/h3-5,10-13H,6-9H2,1-2H3;1-4H;1-2H3. The van der Waals surface area contributed by atoms with E-state index in [1.54, 1.807) is 24.5 Å². The van der Waals surface area contributed by atoms with Gasteiger partial charge in [0.05, 0.1) is 5.02 Å². The molecule has 4 heterocycles. The number of fused-ring (bicyclic) bond motifs is 3. The monoisotopic (exact) mass is 402 g/mol. The molecule has 1 aromatic carbocycles. The Labute approximate surface area is 173 Å². The quantitative estimate of drug-likeness (QED) is 0.594. The van der Waals surface area contributed by atoms with Crippen molar-refractivity contribution < 1.29 is 9.47 Å². The van der Waals surface area contributed by atoms with Gasteiger partial charge in [-0.2, -0.15) is 0 Å². The van der Waals surface area contributed by atoms with E-state index in [9.17, 15) is 0 Å². The fourth-order valence-electron chi connectivity index (χ4n) is 4.45. The Morgan fingerprint density at radius 2 is 1.75 bits per heavy atom. The molecule has 4 nitrogen and oxygen atoms in total. The first-order valence-electron chi connectivity index (χ1n) is 10.4. The number of halogens is 1. The molecule has 2 saturated heterocycles. The van der Waals surface area contributed by atoms with Crippen LogP contribution in [0.2, 0.25) is 5.02 Å². The number of hydrogen-bond donors (Lipinski definition) is 0. The molecule has 1 aromatic heterocycles. The maximum atomic E-state index is 5.87. The summed E-state index contributed by atoms with van der Waals surface area (Å²) >= 11 is 5.48. The minimum Gasteiger partial charge on any atom is -0.451 e. The molecule has 0 aliphatic carbocycles. The zero-order chi connectivity index (χ0) is 20.1. The molecule has 0 amide bonds. The zero-order valence-electron chi connectivity index (χ0n) is 17.3. The van der Waals surface area contributed by atoms with Gasteiger partial charge in [-0.05, 0) is 56.8 Å². The molecular formula is C23H31ClN2O2. The molecule has 2 bridgehead atoms. The fourth-order valence-corrected chi connectivity index (χ4v) is 4.58. The number of pyridine rings is 1. The number of hydrogen-bond acceptors (Lipinski definition) is 4. The van der Waals surface area contributed by atoms with Gasteiger partial charge in [-0.1, -0.05) is 37.6 Å². The van der Waals surface area contributed by atoms with Gasteiger partial charge in [0, 0.05) is 37.0 Å². The molecule has 0 spiro atoms. The van der Waals surface area contributed by atoms with Crippen molar-refractivity contribution in [3.8, 4) is 11.5 Å². The maximum absolute atomic E-state index is 5.87. The minimum atomic E-state index is -0.140. The lowest BCUT2D eigenvalue weighted by molar-refractivity contribution is 0.0666. The molecule has 3 atom stereocenters. The number of benzene rings is 1. The highest BCUT2D eigenvalue weighted by molar-refractivity contribution is 6.30. The van der Waals surface area contributed by atoms with Gasteiger partial charge in [-0.15, -0.1) is 0 Å². The predicted octanol–water partition coefficient (Wildman–Crippen LogP) is 5.91. The second-order valence-electron chi connectivity index (χ2n) is 7.37. The van der Waals surface area contributed by atoms with Crippen LogP contribution in [-0.4, -0.2) is 35.3 Å². The van der Waals surface area contributed by atoms with Crippen molar-refractivity contribution in [1.82, 2.24) is 9.88 Å². The topological polar surface area (TPSA) is 34.6 Å². The molecular weight excluding hydrogens is 372 g/mol. The van der Waals surface area contributed by atoms with Gasteiger partial charge in [0.25, 0.3) is 0 Å². The number of nitrogens with zero attached hydrogens (tertiary/aromatic N) is 2. The summed E-state index contributed by atoms with van der Waals surface area (Å²) in [5.41, 5.74) is 1.37. The Morgan fingerprint density at radius 3 is 2.32 bits per heavy atom. The third-order valence-electron chi connectivity index (χ3n) is 5.75. The van der Waals surface area contributed by atoms with Gasteiger partial charge in [0.1, 0.15) is 0 Å². The highest BCUT2D eigenvalue weighted by Crippen LogP contribution is 2.48. The van der Waals surface area contributed by atoms with Crippen molar-refractivity contribution in [2.75, 3.05) is 7.05 Å². The van der Waals surface area contributed by atoms with Gasteiger partial charge in [-0.3, -0.25) is 4.98 Å². The first-order valence-corrected chi connectivity index (χ1v) is 10.7. The van der Waals surface area contributed by atoms with Crippen molar-refractivity contribution in [2.24, 2.45) is 0 Å². The van der Waals surface area contributed by atoms with Crippen molar-refractivity contribution in [1.29, 1.82) is 0 Å². The number of rotatable bonds is 1. The molecule has 5 rings (SSSR count). The van der Waals surface area contributed by atoms with Crippen molar-refractivity contribution in [2.45, 2.75) is 70.7 Å². The molecule has 0 radical (unpaired) electrons. The third kappa shape index (κ3) is 4.61. The number of piperidine rings is 1. The lowest BCUT2D eigenvalue weighted by Crippen LogP contribution is -2.39. The van der Waals surface area contributed by atoms with Crippen molar-refractivity contribution in [3.05, 3.63) is 53.3 Å². The van der Waals surface area contributed by atoms with E-state index in [1.165, 1.54) is 31.2 Å². The first-order chi connectivity index (χ1) is 13.6. The Morgan fingerprint density at radius 1 is 1.04 bits per heavy atom. The Hall–Kier alpha value is -1.78. The third-order valence-corrected chi connectivity index (χ3v) is 5.97. The Kier molecular flexibility index (Phi) is 7.19. The van der Waals surface area contributed by atoms with Crippen LogP contribution in [0, 0.1) is 0 Å². The van der Waals surface area contributed by atoms with Crippen LogP contribution in [0.5, 0.6) is 11.5 Å². The molecule has 3 aliphatic heterocycles. The summed E-state index contributed by atoms with van der Waals surface area (Å²) in [5, 5.41) is 0.683. The van der Waals surface area contributed by atoms with E-state index in [-0.39, 0.29) is 6.29 Å². The zero-order valence-corrected chi connectivity index (χ0v) is 18.0. The average Bonchev–Trinajstić information content (AvgIpc) is 3.17. The molecule has 2 fully saturated rings. The molecule has 2 aromatic rings. The molecule has 5 heteroatoms. The van der Waals surface area contributed by atoms with E-state index in [1.807, 2.05) is 26.8 Å².